The zero-order valence-corrected chi connectivity index (χ0v) is 17.4. The van der Waals surface area contributed by atoms with Crippen LogP contribution < -0.4 is 4.74 Å². The lowest BCUT2D eigenvalue weighted by Crippen LogP contribution is -2.22. The number of nitrogens with zero attached hydrogens (tertiary/aromatic N) is 1. The summed E-state index contributed by atoms with van der Waals surface area (Å²) in [6.45, 7) is 7.98. The van der Waals surface area contributed by atoms with E-state index in [1.165, 1.54) is 19.2 Å². The van der Waals surface area contributed by atoms with E-state index < -0.39 is 11.6 Å². The summed E-state index contributed by atoms with van der Waals surface area (Å²) < 4.78 is 35.2. The molecule has 0 amide bonds. The molecule has 0 N–H and O–H groups in total. The van der Waals surface area contributed by atoms with E-state index in [1.54, 1.807) is 11.9 Å². The molecule has 2 aromatic carbocycles. The lowest BCUT2D eigenvalue weighted by atomic mass is 9.94. The second-order valence-electron chi connectivity index (χ2n) is 5.59. The van der Waals surface area contributed by atoms with Gasteiger partial charge in [0, 0.05) is 34.9 Å². The van der Waals surface area contributed by atoms with E-state index in [0.717, 1.165) is 10.0 Å². The summed E-state index contributed by atoms with van der Waals surface area (Å²) in [5, 5.41) is 0. The van der Waals surface area contributed by atoms with Crippen molar-refractivity contribution in [3.8, 4) is 5.75 Å². The predicted molar refractivity (Wildman–Crippen MR) is 111 cm³/mol. The van der Waals surface area contributed by atoms with Crippen LogP contribution in [0.15, 0.2) is 65.3 Å². The Morgan fingerprint density at radius 2 is 1.59 bits per heavy atom. The molecule has 0 saturated carbocycles. The molecule has 0 spiro atoms. The van der Waals surface area contributed by atoms with Crippen molar-refractivity contribution in [3.63, 3.8) is 0 Å². The van der Waals surface area contributed by atoms with Gasteiger partial charge in [0.05, 0.1) is 18.4 Å². The van der Waals surface area contributed by atoms with Crippen molar-refractivity contribution in [1.82, 2.24) is 4.90 Å². The highest BCUT2D eigenvalue weighted by atomic mass is 79.9. The van der Waals surface area contributed by atoms with Crippen molar-refractivity contribution in [1.29, 1.82) is 0 Å². The molecule has 0 atom stereocenters. The first-order valence-electron chi connectivity index (χ1n) is 8.57. The third-order valence-electron chi connectivity index (χ3n) is 4.12. The quantitative estimate of drug-likeness (QED) is 0.539. The van der Waals surface area contributed by atoms with Gasteiger partial charge >= 0.3 is 0 Å². The molecule has 0 fully saturated rings. The summed E-state index contributed by atoms with van der Waals surface area (Å²) in [6.07, 6.45) is 1.83. The minimum atomic E-state index is -0.689. The Morgan fingerprint density at radius 1 is 1.04 bits per heavy atom. The topological polar surface area (TPSA) is 12.5 Å². The molecule has 2 aromatic rings. The molecule has 0 unspecified atom stereocenters. The van der Waals surface area contributed by atoms with Gasteiger partial charge < -0.3 is 9.64 Å². The smallest absolute Gasteiger partial charge is 0.139 e. The molecular formula is C22H22BrF2NO. The summed E-state index contributed by atoms with van der Waals surface area (Å²) in [5.74, 6) is -1.24. The third kappa shape index (κ3) is 4.14. The van der Waals surface area contributed by atoms with Gasteiger partial charge in [0.1, 0.15) is 17.4 Å². The van der Waals surface area contributed by atoms with Crippen LogP contribution in [0, 0.1) is 11.6 Å². The summed E-state index contributed by atoms with van der Waals surface area (Å²) in [5.41, 5.74) is 2.47. The molecule has 1 aliphatic heterocycles. The van der Waals surface area contributed by atoms with Crippen LogP contribution in [-0.2, 0) is 0 Å². The van der Waals surface area contributed by atoms with Crippen LogP contribution in [0.3, 0.4) is 0 Å². The lowest BCUT2D eigenvalue weighted by Gasteiger charge is -2.31. The molecule has 5 heteroatoms. The first-order valence-corrected chi connectivity index (χ1v) is 9.36. The van der Waals surface area contributed by atoms with Crippen LogP contribution in [0.25, 0.3) is 11.3 Å². The van der Waals surface area contributed by atoms with E-state index in [1.807, 2.05) is 50.3 Å². The number of likely N-dealkylation sites (N-methyl/N-ethyl adjacent to an activating group) is 1. The molecule has 27 heavy (non-hydrogen) atoms. The second kappa shape index (κ2) is 9.00. The monoisotopic (exact) mass is 433 g/mol. The Kier molecular flexibility index (Phi) is 6.97. The van der Waals surface area contributed by atoms with Crippen molar-refractivity contribution >= 4 is 27.2 Å². The number of methoxy groups -OCH3 is 1. The molecule has 0 radical (unpaired) electrons. The highest BCUT2D eigenvalue weighted by Crippen LogP contribution is 2.42. The summed E-state index contributed by atoms with van der Waals surface area (Å²) in [6, 6.07) is 11.8. The third-order valence-corrected chi connectivity index (χ3v) is 4.80. The van der Waals surface area contributed by atoms with Crippen LogP contribution in [-0.4, -0.2) is 19.1 Å². The number of ether oxygens (including phenoxy) is 1. The SMILES string of the molecule is C=C1C(Br)=CC(c2ccccc2)=C(c2c(F)cc(OC)cc2F)N1C.CC. The first-order chi connectivity index (χ1) is 12.9. The van der Waals surface area contributed by atoms with Gasteiger partial charge in [-0.2, -0.15) is 0 Å². The number of benzene rings is 2. The largest absolute Gasteiger partial charge is 0.497 e. The maximum atomic E-state index is 14.7. The van der Waals surface area contributed by atoms with E-state index in [0.29, 0.717) is 17.0 Å². The van der Waals surface area contributed by atoms with Gasteiger partial charge in [-0.25, -0.2) is 8.78 Å². The Labute approximate surface area is 167 Å². The lowest BCUT2D eigenvalue weighted by molar-refractivity contribution is 0.406. The average Bonchev–Trinajstić information content (AvgIpc) is 2.69. The Balaban J connectivity index is 0.00000126. The predicted octanol–water partition coefficient (Wildman–Crippen LogP) is 6.61. The van der Waals surface area contributed by atoms with Gasteiger partial charge in [-0.1, -0.05) is 50.8 Å². The van der Waals surface area contributed by atoms with Crippen LogP contribution in [0.4, 0.5) is 8.78 Å². The highest BCUT2D eigenvalue weighted by Gasteiger charge is 2.27. The van der Waals surface area contributed by atoms with Gasteiger partial charge in [-0.3, -0.25) is 0 Å². The maximum absolute atomic E-state index is 14.7. The van der Waals surface area contributed by atoms with E-state index in [-0.39, 0.29) is 11.3 Å². The second-order valence-corrected chi connectivity index (χ2v) is 6.45. The molecular weight excluding hydrogens is 412 g/mol. The van der Waals surface area contributed by atoms with Gasteiger partial charge in [-0.05, 0) is 27.6 Å². The summed E-state index contributed by atoms with van der Waals surface area (Å²) in [7, 11) is 3.11. The van der Waals surface area contributed by atoms with Gasteiger partial charge in [0.2, 0.25) is 0 Å². The molecule has 0 bridgehead atoms. The van der Waals surface area contributed by atoms with Crippen LogP contribution >= 0.6 is 15.9 Å². The molecule has 0 aliphatic carbocycles. The fourth-order valence-corrected chi connectivity index (χ4v) is 3.28. The summed E-state index contributed by atoms with van der Waals surface area (Å²) >= 11 is 3.47. The van der Waals surface area contributed by atoms with E-state index in [9.17, 15) is 8.78 Å². The van der Waals surface area contributed by atoms with Crippen molar-refractivity contribution in [2.75, 3.05) is 14.2 Å². The molecule has 1 heterocycles. The van der Waals surface area contributed by atoms with Crippen molar-refractivity contribution in [2.45, 2.75) is 13.8 Å². The van der Waals surface area contributed by atoms with E-state index >= 15 is 0 Å². The molecule has 3 rings (SSSR count). The van der Waals surface area contributed by atoms with Crippen LogP contribution in [0.2, 0.25) is 0 Å². The summed E-state index contributed by atoms with van der Waals surface area (Å²) in [4.78, 5) is 1.68. The Bertz CT molecular complexity index is 881. The minimum absolute atomic E-state index is 0.112. The fourth-order valence-electron chi connectivity index (χ4n) is 2.79. The van der Waals surface area contributed by atoms with Gasteiger partial charge in [0.15, 0.2) is 0 Å². The van der Waals surface area contributed by atoms with Crippen LogP contribution in [0.5, 0.6) is 5.75 Å². The van der Waals surface area contributed by atoms with Crippen LogP contribution in [0.1, 0.15) is 25.0 Å². The standard InChI is InChI=1S/C20H16BrF2NO.C2H6/c1-12-16(21)11-15(13-7-5-4-6-8-13)20(24(12)2)19-17(22)9-14(25-3)10-18(19)23;1-2/h4-11H,1H2,2-3H3;1-2H3. The number of rotatable bonds is 3. The van der Waals surface area contributed by atoms with E-state index in [4.69, 9.17) is 4.74 Å². The normalized spacial score (nSPS) is 13.8. The maximum Gasteiger partial charge on any atom is 0.139 e. The zero-order chi connectivity index (χ0) is 20.1. The zero-order valence-electron chi connectivity index (χ0n) is 15.8. The van der Waals surface area contributed by atoms with Gasteiger partial charge in [-0.15, -0.1) is 0 Å². The molecule has 142 valence electrons. The van der Waals surface area contributed by atoms with Crippen molar-refractivity contribution in [3.05, 3.63) is 88.1 Å². The Hall–Kier alpha value is -2.40. The number of allylic oxidation sites excluding steroid dienone is 3. The first kappa shape index (κ1) is 20.9. The molecule has 0 aromatic heterocycles. The fraction of sp³-hybridized carbons (Fsp3) is 0.182. The van der Waals surface area contributed by atoms with Gasteiger partial charge in [0.25, 0.3) is 0 Å². The minimum Gasteiger partial charge on any atom is -0.497 e. The van der Waals surface area contributed by atoms with E-state index in [2.05, 4.69) is 22.5 Å². The molecule has 2 nitrogen and oxygen atoms in total. The molecule has 0 saturated heterocycles. The molecule has 1 aliphatic rings. The van der Waals surface area contributed by atoms with Crippen molar-refractivity contribution in [2.24, 2.45) is 0 Å². The number of hydrogen-bond donors (Lipinski definition) is 0. The number of halogens is 3. The Morgan fingerprint density at radius 3 is 2.11 bits per heavy atom. The number of hydrogen-bond acceptors (Lipinski definition) is 2. The van der Waals surface area contributed by atoms with Crippen molar-refractivity contribution < 1.29 is 13.5 Å². The average molecular weight is 434 g/mol. The highest BCUT2D eigenvalue weighted by molar-refractivity contribution is 9.12.